The predicted octanol–water partition coefficient (Wildman–Crippen LogP) is 3.08. The van der Waals surface area contributed by atoms with E-state index in [9.17, 15) is 4.39 Å². The van der Waals surface area contributed by atoms with Crippen LogP contribution in [0.1, 0.15) is 24.2 Å². The smallest absolute Gasteiger partial charge is 0.137 e. The van der Waals surface area contributed by atoms with Gasteiger partial charge < -0.3 is 5.32 Å². The van der Waals surface area contributed by atoms with Gasteiger partial charge in [0, 0.05) is 12.4 Å². The van der Waals surface area contributed by atoms with Crippen molar-refractivity contribution in [1.29, 1.82) is 0 Å². The average molecular weight is 310 g/mol. The fourth-order valence-electron chi connectivity index (χ4n) is 1.78. The standard InChI is InChI=1S/C13H13BrFN3/c1-2-17-13(11-8-16-6-7-18-11)9-4-3-5-10(15)12(9)14/h3-8,13,17H,2H2,1H3. The highest BCUT2D eigenvalue weighted by Crippen LogP contribution is 2.29. The Morgan fingerprint density at radius 1 is 1.39 bits per heavy atom. The molecule has 0 amide bonds. The molecule has 18 heavy (non-hydrogen) atoms. The fourth-order valence-corrected chi connectivity index (χ4v) is 2.27. The van der Waals surface area contributed by atoms with Gasteiger partial charge in [0.05, 0.1) is 22.4 Å². The van der Waals surface area contributed by atoms with Crippen LogP contribution in [-0.2, 0) is 0 Å². The maximum Gasteiger partial charge on any atom is 0.137 e. The number of hydrogen-bond donors (Lipinski definition) is 1. The summed E-state index contributed by atoms with van der Waals surface area (Å²) in [6.07, 6.45) is 4.94. The number of benzene rings is 1. The van der Waals surface area contributed by atoms with E-state index in [2.05, 4.69) is 31.2 Å². The Hall–Kier alpha value is -1.33. The van der Waals surface area contributed by atoms with Gasteiger partial charge in [-0.25, -0.2) is 4.39 Å². The molecule has 2 rings (SSSR count). The van der Waals surface area contributed by atoms with E-state index in [1.54, 1.807) is 24.7 Å². The minimum absolute atomic E-state index is 0.172. The lowest BCUT2D eigenvalue weighted by molar-refractivity contribution is 0.587. The van der Waals surface area contributed by atoms with Gasteiger partial charge in [0.15, 0.2) is 0 Å². The summed E-state index contributed by atoms with van der Waals surface area (Å²) >= 11 is 3.28. The molecule has 0 bridgehead atoms. The van der Waals surface area contributed by atoms with Crippen molar-refractivity contribution in [3.8, 4) is 0 Å². The predicted molar refractivity (Wildman–Crippen MR) is 71.7 cm³/mol. The maximum absolute atomic E-state index is 13.6. The van der Waals surface area contributed by atoms with Crippen LogP contribution < -0.4 is 5.32 Å². The molecule has 0 fully saturated rings. The van der Waals surface area contributed by atoms with E-state index in [1.807, 2.05) is 13.0 Å². The zero-order valence-corrected chi connectivity index (χ0v) is 11.5. The van der Waals surface area contributed by atoms with Crippen molar-refractivity contribution in [1.82, 2.24) is 15.3 Å². The van der Waals surface area contributed by atoms with Crippen LogP contribution in [0.5, 0.6) is 0 Å². The second kappa shape index (κ2) is 6.02. The van der Waals surface area contributed by atoms with E-state index in [4.69, 9.17) is 0 Å². The summed E-state index contributed by atoms with van der Waals surface area (Å²) in [5.41, 5.74) is 1.59. The van der Waals surface area contributed by atoms with E-state index >= 15 is 0 Å². The lowest BCUT2D eigenvalue weighted by Gasteiger charge is -2.19. The number of halogens is 2. The van der Waals surface area contributed by atoms with Crippen molar-refractivity contribution in [2.24, 2.45) is 0 Å². The van der Waals surface area contributed by atoms with E-state index in [-0.39, 0.29) is 11.9 Å². The molecular formula is C13H13BrFN3. The zero-order valence-electron chi connectivity index (χ0n) is 9.90. The fraction of sp³-hybridized carbons (Fsp3) is 0.231. The van der Waals surface area contributed by atoms with Gasteiger partial charge in [0.25, 0.3) is 0 Å². The van der Waals surface area contributed by atoms with Crippen molar-refractivity contribution in [3.05, 3.63) is 58.3 Å². The van der Waals surface area contributed by atoms with Gasteiger partial charge >= 0.3 is 0 Å². The lowest BCUT2D eigenvalue weighted by atomic mass is 10.0. The quantitative estimate of drug-likeness (QED) is 0.943. The van der Waals surface area contributed by atoms with Crippen molar-refractivity contribution in [2.45, 2.75) is 13.0 Å². The largest absolute Gasteiger partial charge is 0.305 e. The van der Waals surface area contributed by atoms with Crippen LogP contribution in [0.2, 0.25) is 0 Å². The van der Waals surface area contributed by atoms with Crippen molar-refractivity contribution >= 4 is 15.9 Å². The molecule has 1 unspecified atom stereocenters. The van der Waals surface area contributed by atoms with Gasteiger partial charge in [-0.3, -0.25) is 9.97 Å². The first-order chi connectivity index (χ1) is 8.74. The Bertz CT molecular complexity index is 519. The number of nitrogens with zero attached hydrogens (tertiary/aromatic N) is 2. The van der Waals surface area contributed by atoms with Gasteiger partial charge in [0.1, 0.15) is 5.82 Å². The summed E-state index contributed by atoms with van der Waals surface area (Å²) in [6, 6.07) is 4.81. The summed E-state index contributed by atoms with van der Waals surface area (Å²) < 4.78 is 14.0. The summed E-state index contributed by atoms with van der Waals surface area (Å²) in [5, 5.41) is 3.28. The van der Waals surface area contributed by atoms with Crippen molar-refractivity contribution in [2.75, 3.05) is 6.54 Å². The van der Waals surface area contributed by atoms with Gasteiger partial charge in [-0.1, -0.05) is 19.1 Å². The third kappa shape index (κ3) is 2.73. The molecule has 5 heteroatoms. The number of rotatable bonds is 4. The Balaban J connectivity index is 2.45. The van der Waals surface area contributed by atoms with Gasteiger partial charge in [-0.05, 0) is 34.1 Å². The highest BCUT2D eigenvalue weighted by molar-refractivity contribution is 9.10. The van der Waals surface area contributed by atoms with Crippen LogP contribution in [0.3, 0.4) is 0 Å². The number of aromatic nitrogens is 2. The molecular weight excluding hydrogens is 297 g/mol. The Morgan fingerprint density at radius 3 is 2.89 bits per heavy atom. The normalized spacial score (nSPS) is 12.4. The molecule has 0 aliphatic carbocycles. The molecule has 1 aromatic heterocycles. The first-order valence-electron chi connectivity index (χ1n) is 5.67. The van der Waals surface area contributed by atoms with E-state index in [1.165, 1.54) is 6.07 Å². The van der Waals surface area contributed by atoms with Crippen LogP contribution in [0.25, 0.3) is 0 Å². The zero-order chi connectivity index (χ0) is 13.0. The van der Waals surface area contributed by atoms with Crippen LogP contribution >= 0.6 is 15.9 Å². The summed E-state index contributed by atoms with van der Waals surface area (Å²) in [5.74, 6) is -0.278. The first kappa shape index (κ1) is 13.1. The third-order valence-corrected chi connectivity index (χ3v) is 3.42. The minimum Gasteiger partial charge on any atom is -0.305 e. The molecule has 0 saturated carbocycles. The van der Waals surface area contributed by atoms with E-state index in [0.29, 0.717) is 4.47 Å². The maximum atomic E-state index is 13.6. The molecule has 1 aromatic carbocycles. The Labute approximate surface area is 114 Å². The average Bonchev–Trinajstić information content (AvgIpc) is 2.41. The summed E-state index contributed by atoms with van der Waals surface area (Å²) in [6.45, 7) is 2.75. The van der Waals surface area contributed by atoms with E-state index < -0.39 is 0 Å². The summed E-state index contributed by atoms with van der Waals surface area (Å²) in [7, 11) is 0. The van der Waals surface area contributed by atoms with E-state index in [0.717, 1.165) is 17.8 Å². The molecule has 1 heterocycles. The topological polar surface area (TPSA) is 37.8 Å². The van der Waals surface area contributed by atoms with Gasteiger partial charge in [-0.15, -0.1) is 0 Å². The molecule has 0 aliphatic heterocycles. The SMILES string of the molecule is CCNC(c1cnccn1)c1cccc(F)c1Br. The monoisotopic (exact) mass is 309 g/mol. The molecule has 94 valence electrons. The van der Waals surface area contributed by atoms with Crippen molar-refractivity contribution in [3.63, 3.8) is 0 Å². The summed E-state index contributed by atoms with van der Waals surface area (Å²) in [4.78, 5) is 8.33. The lowest BCUT2D eigenvalue weighted by Crippen LogP contribution is -2.23. The molecule has 0 saturated heterocycles. The molecule has 1 N–H and O–H groups in total. The number of hydrogen-bond acceptors (Lipinski definition) is 3. The highest BCUT2D eigenvalue weighted by Gasteiger charge is 2.18. The first-order valence-corrected chi connectivity index (χ1v) is 6.46. The van der Waals surface area contributed by atoms with Crippen LogP contribution in [0.4, 0.5) is 4.39 Å². The van der Waals surface area contributed by atoms with Crippen molar-refractivity contribution < 1.29 is 4.39 Å². The molecule has 0 spiro atoms. The molecule has 0 radical (unpaired) electrons. The molecule has 1 atom stereocenters. The second-order valence-electron chi connectivity index (χ2n) is 3.76. The third-order valence-electron chi connectivity index (χ3n) is 2.58. The van der Waals surface area contributed by atoms with Crippen LogP contribution in [0.15, 0.2) is 41.3 Å². The molecule has 0 aliphatic rings. The Morgan fingerprint density at radius 2 is 2.22 bits per heavy atom. The number of nitrogens with one attached hydrogen (secondary N) is 1. The minimum atomic E-state index is -0.278. The molecule has 3 nitrogen and oxygen atoms in total. The molecule has 2 aromatic rings. The van der Waals surface area contributed by atoms with Crippen LogP contribution in [0, 0.1) is 5.82 Å². The Kier molecular flexibility index (Phi) is 4.38. The van der Waals surface area contributed by atoms with Gasteiger partial charge in [-0.2, -0.15) is 0 Å². The van der Waals surface area contributed by atoms with Crippen LogP contribution in [-0.4, -0.2) is 16.5 Å². The highest BCUT2D eigenvalue weighted by atomic mass is 79.9. The van der Waals surface area contributed by atoms with Gasteiger partial charge in [0.2, 0.25) is 0 Å². The second-order valence-corrected chi connectivity index (χ2v) is 4.56.